The lowest BCUT2D eigenvalue weighted by Crippen LogP contribution is -2.45. The highest BCUT2D eigenvalue weighted by Gasteiger charge is 2.30. The van der Waals surface area contributed by atoms with Gasteiger partial charge in [-0.2, -0.15) is 0 Å². The number of aliphatic hydroxyl groups is 1. The van der Waals surface area contributed by atoms with E-state index in [0.29, 0.717) is 17.4 Å². The van der Waals surface area contributed by atoms with Crippen molar-refractivity contribution in [3.63, 3.8) is 0 Å². The van der Waals surface area contributed by atoms with Gasteiger partial charge in [0.2, 0.25) is 0 Å². The predicted molar refractivity (Wildman–Crippen MR) is 143 cm³/mol. The topological polar surface area (TPSA) is 57.5 Å². The van der Waals surface area contributed by atoms with Crippen LogP contribution in [0.15, 0.2) is 12.2 Å². The number of unbranched alkanes of at least 4 members (excludes halogenated alkanes) is 16. The predicted octanol–water partition coefficient (Wildman–Crippen LogP) is 7.74. The van der Waals surface area contributed by atoms with Crippen molar-refractivity contribution < 1.29 is 19.5 Å². The monoisotopic (exact) mass is 468 g/mol. The largest absolute Gasteiger partial charge is 0.481 e. The highest BCUT2D eigenvalue weighted by atomic mass is 16.4. The lowest BCUT2D eigenvalue weighted by Gasteiger charge is -2.29. The quantitative estimate of drug-likeness (QED) is 0.0865. The summed E-state index contributed by atoms with van der Waals surface area (Å²) in [5, 5.41) is 19.7. The van der Waals surface area contributed by atoms with Gasteiger partial charge in [0.05, 0.1) is 27.1 Å². The summed E-state index contributed by atoms with van der Waals surface area (Å²) in [6.07, 6.45) is 27.8. The lowest BCUT2D eigenvalue weighted by molar-refractivity contribution is -0.874. The van der Waals surface area contributed by atoms with Crippen molar-refractivity contribution in [3.05, 3.63) is 12.2 Å². The van der Waals surface area contributed by atoms with E-state index >= 15 is 0 Å². The van der Waals surface area contributed by atoms with Crippen LogP contribution in [0.1, 0.15) is 129 Å². The molecule has 2 N–H and O–H groups in total. The molecule has 33 heavy (non-hydrogen) atoms. The molecule has 0 aliphatic rings. The third-order valence-corrected chi connectivity index (χ3v) is 6.54. The van der Waals surface area contributed by atoms with Gasteiger partial charge in [-0.3, -0.25) is 4.79 Å². The van der Waals surface area contributed by atoms with Gasteiger partial charge in [0.15, 0.2) is 0 Å². The zero-order valence-electron chi connectivity index (χ0n) is 22.7. The molecule has 2 unspecified atom stereocenters. The first-order valence-corrected chi connectivity index (χ1v) is 14.1. The first-order valence-electron chi connectivity index (χ1n) is 14.1. The maximum absolute atomic E-state index is 11.5. The summed E-state index contributed by atoms with van der Waals surface area (Å²) >= 11 is 0. The van der Waals surface area contributed by atoms with Crippen molar-refractivity contribution in [1.29, 1.82) is 0 Å². The molecule has 0 heterocycles. The number of rotatable bonds is 24. The van der Waals surface area contributed by atoms with Crippen LogP contribution in [0.25, 0.3) is 0 Å². The van der Waals surface area contributed by atoms with Gasteiger partial charge in [0.1, 0.15) is 12.6 Å². The van der Waals surface area contributed by atoms with Gasteiger partial charge >= 0.3 is 5.97 Å². The van der Waals surface area contributed by atoms with Gasteiger partial charge in [-0.05, 0) is 32.1 Å². The van der Waals surface area contributed by atoms with Gasteiger partial charge in [0.25, 0.3) is 0 Å². The smallest absolute Gasteiger partial charge is 0.309 e. The zero-order valence-corrected chi connectivity index (χ0v) is 22.7. The van der Waals surface area contributed by atoms with E-state index in [1.54, 1.807) is 0 Å². The van der Waals surface area contributed by atoms with Crippen LogP contribution < -0.4 is 0 Å². The fourth-order valence-electron chi connectivity index (χ4n) is 4.49. The first-order chi connectivity index (χ1) is 15.8. The minimum atomic E-state index is -0.857. The zero-order chi connectivity index (χ0) is 24.8. The lowest BCUT2D eigenvalue weighted by atomic mass is 9.94. The van der Waals surface area contributed by atoms with Crippen LogP contribution in [0.4, 0.5) is 0 Å². The molecule has 0 spiro atoms. The van der Waals surface area contributed by atoms with E-state index < -0.39 is 18.0 Å². The molecule has 0 aliphatic carbocycles. The number of likely N-dealkylation sites (N-methyl/N-ethyl adjacent to an activating group) is 1. The van der Waals surface area contributed by atoms with Crippen LogP contribution in [0.5, 0.6) is 0 Å². The Labute approximate surface area is 206 Å². The van der Waals surface area contributed by atoms with E-state index in [1.807, 2.05) is 21.1 Å². The molecule has 0 saturated carbocycles. The fraction of sp³-hybridized carbons (Fsp3) is 0.897. The maximum Gasteiger partial charge on any atom is 0.309 e. The van der Waals surface area contributed by atoms with Crippen molar-refractivity contribution in [2.45, 2.75) is 135 Å². The van der Waals surface area contributed by atoms with Gasteiger partial charge in [-0.1, -0.05) is 109 Å². The van der Waals surface area contributed by atoms with Gasteiger partial charge in [0, 0.05) is 0 Å². The molecule has 0 radical (unpaired) electrons. The fourth-order valence-corrected chi connectivity index (χ4v) is 4.49. The minimum absolute atomic E-state index is 0.479. The Hall–Kier alpha value is -0.870. The van der Waals surface area contributed by atoms with E-state index in [9.17, 15) is 15.0 Å². The third kappa shape index (κ3) is 22.7. The summed E-state index contributed by atoms with van der Waals surface area (Å²) in [6.45, 7) is 2.75. The second kappa shape index (κ2) is 21.6. The second-order valence-corrected chi connectivity index (χ2v) is 11.1. The molecule has 196 valence electrons. The molecule has 0 amide bonds. The van der Waals surface area contributed by atoms with E-state index in [2.05, 4.69) is 19.1 Å². The Bertz CT molecular complexity index is 470. The average molecular weight is 469 g/mol. The van der Waals surface area contributed by atoms with E-state index in [1.165, 1.54) is 103 Å². The van der Waals surface area contributed by atoms with E-state index in [4.69, 9.17) is 0 Å². The minimum Gasteiger partial charge on any atom is -0.481 e. The Kier molecular flexibility index (Phi) is 21.1. The van der Waals surface area contributed by atoms with Crippen LogP contribution in [-0.4, -0.2) is 54.5 Å². The van der Waals surface area contributed by atoms with Crippen LogP contribution >= 0.6 is 0 Å². The van der Waals surface area contributed by atoms with Crippen molar-refractivity contribution in [3.8, 4) is 0 Å². The Morgan fingerprint density at radius 2 is 1.09 bits per heavy atom. The number of carboxylic acids is 1. The molecule has 0 rings (SSSR count). The summed E-state index contributed by atoms with van der Waals surface area (Å²) in [4.78, 5) is 11.5. The molecule has 0 bridgehead atoms. The average Bonchev–Trinajstić information content (AvgIpc) is 2.73. The summed E-state index contributed by atoms with van der Waals surface area (Å²) in [6, 6.07) is 0. The number of allylic oxidation sites excluding steroid dienone is 2. The molecule has 0 aromatic rings. The summed E-state index contributed by atoms with van der Waals surface area (Å²) in [7, 11) is 5.95. The molecular formula is C29H58NO3+. The number of nitrogens with zero attached hydrogens (tertiary/aromatic N) is 1. The molecule has 2 atom stereocenters. The second-order valence-electron chi connectivity index (χ2n) is 11.1. The van der Waals surface area contributed by atoms with Crippen molar-refractivity contribution in [2.24, 2.45) is 5.92 Å². The SMILES string of the molecule is CCCCCCCC/C=C\CCCCCCCCCCCCC(C(=O)O)C(O)C[N+](C)(C)C. The molecule has 0 aliphatic heterocycles. The number of aliphatic carboxylic acids is 1. The van der Waals surface area contributed by atoms with Crippen LogP contribution in [0.2, 0.25) is 0 Å². The van der Waals surface area contributed by atoms with Gasteiger partial charge in [-0.15, -0.1) is 0 Å². The molecule has 0 aromatic carbocycles. The summed E-state index contributed by atoms with van der Waals surface area (Å²) < 4.78 is 0.584. The Balaban J connectivity index is 3.47. The van der Waals surface area contributed by atoms with Gasteiger partial charge < -0.3 is 14.7 Å². The highest BCUT2D eigenvalue weighted by molar-refractivity contribution is 5.70. The number of hydrogen-bond acceptors (Lipinski definition) is 2. The molecule has 0 fully saturated rings. The first kappa shape index (κ1) is 32.1. The molecule has 0 saturated heterocycles. The number of carbonyl (C=O) groups is 1. The standard InChI is InChI=1S/C29H57NO3/c1-5-6-7-8-9-10-11-12-13-14-15-16-17-18-19-20-21-22-23-24-25-27(29(32)33)28(31)26-30(2,3)4/h12-13,27-28,31H,5-11,14-26H2,1-4H3/p+1/b13-12-. The molecule has 4 heteroatoms. The number of hydrogen-bond donors (Lipinski definition) is 2. The summed E-state index contributed by atoms with van der Waals surface area (Å²) in [5.74, 6) is -1.49. The van der Waals surface area contributed by atoms with Gasteiger partial charge in [-0.25, -0.2) is 0 Å². The summed E-state index contributed by atoms with van der Waals surface area (Å²) in [5.41, 5.74) is 0. The van der Waals surface area contributed by atoms with Crippen molar-refractivity contribution in [1.82, 2.24) is 0 Å². The third-order valence-electron chi connectivity index (χ3n) is 6.54. The normalized spacial score (nSPS) is 14.1. The molecule has 0 aromatic heterocycles. The van der Waals surface area contributed by atoms with Crippen LogP contribution in [0.3, 0.4) is 0 Å². The van der Waals surface area contributed by atoms with E-state index in [0.717, 1.165) is 12.8 Å². The number of carboxylic acid groups (broad SMARTS) is 1. The Morgan fingerprint density at radius 1 is 0.697 bits per heavy atom. The van der Waals surface area contributed by atoms with Crippen molar-refractivity contribution >= 4 is 5.97 Å². The van der Waals surface area contributed by atoms with Crippen LogP contribution in [-0.2, 0) is 4.79 Å². The Morgan fingerprint density at radius 3 is 1.48 bits per heavy atom. The molecule has 4 nitrogen and oxygen atoms in total. The van der Waals surface area contributed by atoms with Crippen molar-refractivity contribution in [2.75, 3.05) is 27.7 Å². The number of quaternary nitrogens is 1. The van der Waals surface area contributed by atoms with Crippen LogP contribution in [0, 0.1) is 5.92 Å². The molecular weight excluding hydrogens is 410 g/mol. The number of aliphatic hydroxyl groups excluding tert-OH is 1. The maximum atomic E-state index is 11.5. The highest BCUT2D eigenvalue weighted by Crippen LogP contribution is 2.18. The van der Waals surface area contributed by atoms with E-state index in [-0.39, 0.29) is 0 Å².